The number of benzene rings is 1. The summed E-state index contributed by atoms with van der Waals surface area (Å²) in [5, 5.41) is 19.6. The molecule has 2 N–H and O–H groups in total. The number of hydrogen-bond acceptors (Lipinski definition) is 4. The first-order valence-corrected chi connectivity index (χ1v) is 7.64. The number of amides is 2. The molecule has 1 atom stereocenters. The summed E-state index contributed by atoms with van der Waals surface area (Å²) in [6.45, 7) is 2.37. The number of aromatic amines is 1. The Kier molecular flexibility index (Phi) is 3.00. The van der Waals surface area contributed by atoms with Crippen molar-refractivity contribution in [3.8, 4) is 0 Å². The molecule has 3 heterocycles. The third-order valence-electron chi connectivity index (χ3n) is 5.00. The maximum Gasteiger partial charge on any atom is 0.407 e. The number of likely N-dealkylation sites (tertiary alicyclic amines) is 2. The number of carbonyl (C=O) groups excluding carboxylic acids is 1. The third kappa shape index (κ3) is 2.30. The number of rotatable bonds is 1. The molecule has 0 aliphatic carbocycles. The van der Waals surface area contributed by atoms with Crippen LogP contribution in [0.2, 0.25) is 0 Å². The van der Waals surface area contributed by atoms with Crippen molar-refractivity contribution in [2.24, 2.45) is 5.41 Å². The second-order valence-electron chi connectivity index (χ2n) is 6.46. The van der Waals surface area contributed by atoms with E-state index in [1.54, 1.807) is 18.2 Å². The van der Waals surface area contributed by atoms with Crippen LogP contribution in [0.3, 0.4) is 0 Å². The molecule has 2 aliphatic heterocycles. The van der Waals surface area contributed by atoms with E-state index in [1.165, 1.54) is 4.90 Å². The van der Waals surface area contributed by atoms with E-state index in [4.69, 9.17) is 5.11 Å². The Labute approximate surface area is 132 Å². The normalized spacial score (nSPS) is 24.0. The molecule has 2 fully saturated rings. The molecule has 0 saturated carbocycles. The van der Waals surface area contributed by atoms with Gasteiger partial charge in [-0.25, -0.2) is 4.79 Å². The van der Waals surface area contributed by atoms with Crippen LogP contribution in [0.5, 0.6) is 0 Å². The zero-order valence-electron chi connectivity index (χ0n) is 12.5. The number of hydrogen-bond donors (Lipinski definition) is 2. The molecule has 0 radical (unpaired) electrons. The van der Waals surface area contributed by atoms with Gasteiger partial charge in [-0.2, -0.15) is 15.4 Å². The molecule has 1 spiro atoms. The van der Waals surface area contributed by atoms with Crippen molar-refractivity contribution >= 4 is 23.0 Å². The molecule has 2 aromatic rings. The SMILES string of the molecule is O=C(O)N1CCC2(CCN(C(=O)c3ccc4n[nH]nc4c3)C2)C1. The van der Waals surface area contributed by atoms with Gasteiger partial charge in [0.25, 0.3) is 5.91 Å². The zero-order chi connectivity index (χ0) is 16.0. The molecule has 23 heavy (non-hydrogen) atoms. The number of aromatic nitrogens is 3. The van der Waals surface area contributed by atoms with E-state index in [2.05, 4.69) is 15.4 Å². The van der Waals surface area contributed by atoms with Gasteiger partial charge >= 0.3 is 6.09 Å². The summed E-state index contributed by atoms with van der Waals surface area (Å²) < 4.78 is 0. The lowest BCUT2D eigenvalue weighted by atomic mass is 9.86. The molecule has 2 saturated heterocycles. The smallest absolute Gasteiger partial charge is 0.407 e. The van der Waals surface area contributed by atoms with Crippen LogP contribution >= 0.6 is 0 Å². The second kappa shape index (κ2) is 4.94. The molecule has 2 amide bonds. The average molecular weight is 315 g/mol. The van der Waals surface area contributed by atoms with Crippen molar-refractivity contribution < 1.29 is 14.7 Å². The highest BCUT2D eigenvalue weighted by Gasteiger charge is 2.46. The Morgan fingerprint density at radius 3 is 2.52 bits per heavy atom. The van der Waals surface area contributed by atoms with Gasteiger partial charge in [0, 0.05) is 37.2 Å². The van der Waals surface area contributed by atoms with Crippen LogP contribution in [0.25, 0.3) is 11.0 Å². The van der Waals surface area contributed by atoms with Crippen molar-refractivity contribution in [1.82, 2.24) is 25.2 Å². The minimum atomic E-state index is -0.872. The Hall–Kier alpha value is -2.64. The summed E-state index contributed by atoms with van der Waals surface area (Å²) in [7, 11) is 0. The maximum absolute atomic E-state index is 12.7. The second-order valence-corrected chi connectivity index (χ2v) is 6.46. The number of fused-ring (bicyclic) bond motifs is 1. The van der Waals surface area contributed by atoms with Crippen LogP contribution in [-0.4, -0.2) is 68.5 Å². The largest absolute Gasteiger partial charge is 0.465 e. The molecular formula is C15H17N5O3. The Bertz CT molecular complexity index is 788. The van der Waals surface area contributed by atoms with Gasteiger partial charge in [-0.3, -0.25) is 4.79 Å². The topological polar surface area (TPSA) is 102 Å². The zero-order valence-corrected chi connectivity index (χ0v) is 12.5. The lowest BCUT2D eigenvalue weighted by molar-refractivity contribution is 0.0774. The Morgan fingerprint density at radius 1 is 1.09 bits per heavy atom. The van der Waals surface area contributed by atoms with E-state index in [1.807, 2.05) is 4.90 Å². The van der Waals surface area contributed by atoms with Gasteiger partial charge in [0.2, 0.25) is 0 Å². The van der Waals surface area contributed by atoms with E-state index in [0.717, 1.165) is 18.4 Å². The highest BCUT2D eigenvalue weighted by Crippen LogP contribution is 2.39. The fourth-order valence-electron chi connectivity index (χ4n) is 3.70. The van der Waals surface area contributed by atoms with Crippen molar-refractivity contribution in [2.45, 2.75) is 12.8 Å². The van der Waals surface area contributed by atoms with Gasteiger partial charge in [-0.1, -0.05) is 0 Å². The van der Waals surface area contributed by atoms with Crippen LogP contribution in [0.4, 0.5) is 4.79 Å². The predicted octanol–water partition coefficient (Wildman–Crippen LogP) is 1.17. The Balaban J connectivity index is 1.51. The van der Waals surface area contributed by atoms with E-state index in [-0.39, 0.29) is 11.3 Å². The van der Waals surface area contributed by atoms with Crippen LogP contribution in [0, 0.1) is 5.41 Å². The number of H-pyrrole nitrogens is 1. The van der Waals surface area contributed by atoms with E-state index < -0.39 is 6.09 Å². The lowest BCUT2D eigenvalue weighted by Crippen LogP contribution is -2.35. The Morgan fingerprint density at radius 2 is 1.78 bits per heavy atom. The first-order valence-electron chi connectivity index (χ1n) is 7.64. The number of carboxylic acid groups (broad SMARTS) is 1. The maximum atomic E-state index is 12.7. The van der Waals surface area contributed by atoms with Crippen molar-refractivity contribution in [3.63, 3.8) is 0 Å². The summed E-state index contributed by atoms with van der Waals surface area (Å²) >= 11 is 0. The lowest BCUT2D eigenvalue weighted by Gasteiger charge is -2.23. The van der Waals surface area contributed by atoms with Gasteiger partial charge in [-0.05, 0) is 31.0 Å². The molecule has 8 nitrogen and oxygen atoms in total. The van der Waals surface area contributed by atoms with Crippen LogP contribution in [0.1, 0.15) is 23.2 Å². The first kappa shape index (κ1) is 14.0. The summed E-state index contributed by atoms with van der Waals surface area (Å²) in [5.74, 6) is -0.0273. The van der Waals surface area contributed by atoms with E-state index in [0.29, 0.717) is 37.3 Å². The fraction of sp³-hybridized carbons (Fsp3) is 0.467. The summed E-state index contributed by atoms with van der Waals surface area (Å²) in [4.78, 5) is 27.1. The van der Waals surface area contributed by atoms with E-state index in [9.17, 15) is 9.59 Å². The third-order valence-corrected chi connectivity index (χ3v) is 5.00. The minimum Gasteiger partial charge on any atom is -0.465 e. The van der Waals surface area contributed by atoms with Crippen LogP contribution in [-0.2, 0) is 0 Å². The predicted molar refractivity (Wildman–Crippen MR) is 81.1 cm³/mol. The highest BCUT2D eigenvalue weighted by atomic mass is 16.4. The number of nitrogens with one attached hydrogen (secondary N) is 1. The molecule has 1 unspecified atom stereocenters. The first-order chi connectivity index (χ1) is 11.1. The molecule has 120 valence electrons. The van der Waals surface area contributed by atoms with Crippen LogP contribution in [0.15, 0.2) is 18.2 Å². The van der Waals surface area contributed by atoms with Crippen molar-refractivity contribution in [3.05, 3.63) is 23.8 Å². The average Bonchev–Trinajstić information content (AvgIpc) is 3.26. The molecule has 1 aromatic carbocycles. The monoisotopic (exact) mass is 315 g/mol. The summed E-state index contributed by atoms with van der Waals surface area (Å²) in [5.41, 5.74) is 1.91. The standard InChI is InChI=1S/C15H17N5O3/c21-13(10-1-2-11-12(7-10)17-18-16-11)19-5-3-15(8-19)4-6-20(9-15)14(22)23/h1-2,7H,3-6,8-9H2,(H,22,23)(H,16,17,18). The van der Waals surface area contributed by atoms with Crippen molar-refractivity contribution in [1.29, 1.82) is 0 Å². The van der Waals surface area contributed by atoms with Gasteiger partial charge in [-0.15, -0.1) is 0 Å². The summed E-state index contributed by atoms with van der Waals surface area (Å²) in [6, 6.07) is 5.28. The van der Waals surface area contributed by atoms with Gasteiger partial charge in [0.05, 0.1) is 0 Å². The van der Waals surface area contributed by atoms with Gasteiger partial charge in [0.1, 0.15) is 11.0 Å². The highest BCUT2D eigenvalue weighted by molar-refractivity contribution is 5.97. The molecule has 4 rings (SSSR count). The summed E-state index contributed by atoms with van der Waals surface area (Å²) in [6.07, 6.45) is 0.809. The molecule has 1 aromatic heterocycles. The van der Waals surface area contributed by atoms with E-state index >= 15 is 0 Å². The van der Waals surface area contributed by atoms with Gasteiger partial charge in [0.15, 0.2) is 0 Å². The van der Waals surface area contributed by atoms with Crippen LogP contribution < -0.4 is 0 Å². The quantitative estimate of drug-likeness (QED) is 0.822. The molecular weight excluding hydrogens is 298 g/mol. The van der Waals surface area contributed by atoms with Crippen molar-refractivity contribution in [2.75, 3.05) is 26.2 Å². The molecule has 0 bridgehead atoms. The molecule has 2 aliphatic rings. The minimum absolute atomic E-state index is 0.0273. The number of nitrogens with zero attached hydrogens (tertiary/aromatic N) is 4. The molecule has 8 heteroatoms. The van der Waals surface area contributed by atoms with Gasteiger partial charge < -0.3 is 14.9 Å². The number of carbonyl (C=O) groups is 2. The fourth-order valence-corrected chi connectivity index (χ4v) is 3.70.